The van der Waals surface area contributed by atoms with Crippen molar-refractivity contribution in [1.29, 1.82) is 0 Å². The summed E-state index contributed by atoms with van der Waals surface area (Å²) in [5, 5.41) is 8.44. The third kappa shape index (κ3) is 9.33. The average molecular weight is 757 g/mol. The van der Waals surface area contributed by atoms with Gasteiger partial charge in [0.2, 0.25) is 15.9 Å². The molecule has 5 rings (SSSR count). The maximum absolute atomic E-state index is 15.6. The molecule has 1 fully saturated rings. The first-order chi connectivity index (χ1) is 25.3. The quantitative estimate of drug-likeness (QED) is 0.144. The average Bonchev–Trinajstić information content (AvgIpc) is 3.13. The van der Waals surface area contributed by atoms with E-state index in [1.54, 1.807) is 19.1 Å². The van der Waals surface area contributed by atoms with Gasteiger partial charge in [-0.25, -0.2) is 30.8 Å². The van der Waals surface area contributed by atoms with Crippen molar-refractivity contribution in [2.45, 2.75) is 42.7 Å². The molecule has 0 radical (unpaired) electrons. The van der Waals surface area contributed by atoms with Gasteiger partial charge in [0.25, 0.3) is 0 Å². The number of carbonyl (C=O) groups excluding carboxylic acids is 2. The summed E-state index contributed by atoms with van der Waals surface area (Å²) in [6, 6.07) is 16.8. The van der Waals surface area contributed by atoms with Crippen molar-refractivity contribution < 1.29 is 45.0 Å². The standard InChI is InChI=1S/C38H40F4N4O6S/c1-23-20-43-21-29(46(23)53(49,50)31-14-12-30(51-2)13-15-31)11-16-32-34(42)5-4-6-35(32)45-37(47)33(22-44-38(48)52-3)36(24-7-9-26(39)10-8-24)25-17-27(40)19-28(41)18-25/h4-10,12-15,17-19,23,29,33,36,43H,11,16,20-22H2,1-3H3,(H,44,48)(H,45,47). The van der Waals surface area contributed by atoms with E-state index in [9.17, 15) is 31.2 Å². The molecule has 4 aromatic rings. The fraction of sp³-hybridized carbons (Fsp3) is 0.316. The predicted octanol–water partition coefficient (Wildman–Crippen LogP) is 5.98. The summed E-state index contributed by atoms with van der Waals surface area (Å²) >= 11 is 0. The Morgan fingerprint density at radius 1 is 0.887 bits per heavy atom. The van der Waals surface area contributed by atoms with Crippen LogP contribution in [0.25, 0.3) is 0 Å². The minimum Gasteiger partial charge on any atom is -0.497 e. The van der Waals surface area contributed by atoms with Crippen LogP contribution in [0.2, 0.25) is 0 Å². The van der Waals surface area contributed by atoms with E-state index in [4.69, 9.17) is 4.74 Å². The van der Waals surface area contributed by atoms with Crippen molar-refractivity contribution in [2.24, 2.45) is 5.92 Å². The first kappa shape index (κ1) is 39.2. The molecular weight excluding hydrogens is 716 g/mol. The third-order valence-electron chi connectivity index (χ3n) is 9.22. The molecule has 0 aromatic heterocycles. The topological polar surface area (TPSA) is 126 Å². The zero-order valence-corrected chi connectivity index (χ0v) is 30.1. The fourth-order valence-corrected chi connectivity index (χ4v) is 8.55. The Bertz CT molecular complexity index is 2000. The normalized spacial score (nSPS) is 17.4. The van der Waals surface area contributed by atoms with E-state index in [2.05, 4.69) is 20.7 Å². The minimum absolute atomic E-state index is 0.0115. The predicted molar refractivity (Wildman–Crippen MR) is 190 cm³/mol. The van der Waals surface area contributed by atoms with Gasteiger partial charge in [-0.05, 0) is 91.6 Å². The number of benzene rings is 4. The molecular formula is C38H40F4N4O6S. The van der Waals surface area contributed by atoms with E-state index < -0.39 is 75.8 Å². The Morgan fingerprint density at radius 3 is 2.21 bits per heavy atom. The number of anilines is 1. The van der Waals surface area contributed by atoms with Crippen molar-refractivity contribution in [1.82, 2.24) is 14.9 Å². The lowest BCUT2D eigenvalue weighted by Gasteiger charge is -2.40. The highest BCUT2D eigenvalue weighted by Gasteiger charge is 2.38. The fourth-order valence-electron chi connectivity index (χ4n) is 6.71. The van der Waals surface area contributed by atoms with E-state index in [1.807, 2.05) is 0 Å². The van der Waals surface area contributed by atoms with Crippen molar-refractivity contribution in [3.05, 3.63) is 125 Å². The second-order valence-electron chi connectivity index (χ2n) is 12.7. The number of sulfonamides is 1. The number of nitrogens with zero attached hydrogens (tertiary/aromatic N) is 1. The van der Waals surface area contributed by atoms with Gasteiger partial charge in [0.15, 0.2) is 0 Å². The van der Waals surface area contributed by atoms with Crippen LogP contribution >= 0.6 is 0 Å². The number of methoxy groups -OCH3 is 2. The SMILES string of the molecule is COC(=O)NCC(C(=O)Nc1cccc(F)c1CCC1CNCC(C)N1S(=O)(=O)c1ccc(OC)cc1)C(c1ccc(F)cc1)c1cc(F)cc(F)c1. The van der Waals surface area contributed by atoms with Crippen LogP contribution in [-0.2, 0) is 26.0 Å². The highest BCUT2D eigenvalue weighted by atomic mass is 32.2. The number of carbonyl (C=O) groups is 2. The molecule has 1 heterocycles. The monoisotopic (exact) mass is 756 g/mol. The summed E-state index contributed by atoms with van der Waals surface area (Å²) < 4.78 is 97.8. The molecule has 0 saturated carbocycles. The van der Waals surface area contributed by atoms with Crippen molar-refractivity contribution >= 4 is 27.7 Å². The molecule has 53 heavy (non-hydrogen) atoms. The second-order valence-corrected chi connectivity index (χ2v) is 14.5. The molecule has 2 amide bonds. The molecule has 15 heteroatoms. The number of hydrogen-bond acceptors (Lipinski definition) is 7. The van der Waals surface area contributed by atoms with E-state index in [0.29, 0.717) is 30.5 Å². The van der Waals surface area contributed by atoms with Gasteiger partial charge in [-0.15, -0.1) is 0 Å². The molecule has 1 saturated heterocycles. The Hall–Kier alpha value is -4.99. The number of rotatable bonds is 13. The zero-order chi connectivity index (χ0) is 38.3. The highest BCUT2D eigenvalue weighted by molar-refractivity contribution is 7.89. The Balaban J connectivity index is 1.46. The summed E-state index contributed by atoms with van der Waals surface area (Å²) in [4.78, 5) is 26.5. The van der Waals surface area contributed by atoms with Crippen LogP contribution in [0.3, 0.4) is 0 Å². The van der Waals surface area contributed by atoms with E-state index in [0.717, 1.165) is 31.4 Å². The van der Waals surface area contributed by atoms with Crippen LogP contribution in [0, 0.1) is 29.2 Å². The molecule has 4 atom stereocenters. The summed E-state index contributed by atoms with van der Waals surface area (Å²) in [5.41, 5.74) is 0.496. The molecule has 3 N–H and O–H groups in total. The number of nitrogens with one attached hydrogen (secondary N) is 3. The summed E-state index contributed by atoms with van der Waals surface area (Å²) in [5.74, 6) is -5.76. The smallest absolute Gasteiger partial charge is 0.406 e. The van der Waals surface area contributed by atoms with Gasteiger partial charge < -0.3 is 25.4 Å². The molecule has 4 unspecified atom stereocenters. The number of hydrogen-bond donors (Lipinski definition) is 3. The molecule has 0 spiro atoms. The molecule has 1 aliphatic heterocycles. The lowest BCUT2D eigenvalue weighted by atomic mass is 9.79. The first-order valence-electron chi connectivity index (χ1n) is 16.8. The van der Waals surface area contributed by atoms with Gasteiger partial charge in [-0.2, -0.15) is 4.31 Å². The molecule has 10 nitrogen and oxygen atoms in total. The van der Waals surface area contributed by atoms with Crippen LogP contribution in [0.5, 0.6) is 5.75 Å². The van der Waals surface area contributed by atoms with E-state index >= 15 is 4.39 Å². The summed E-state index contributed by atoms with van der Waals surface area (Å²) in [6.07, 6.45) is -0.704. The maximum atomic E-state index is 15.6. The molecule has 1 aliphatic rings. The second kappa shape index (κ2) is 17.2. The Morgan fingerprint density at radius 2 is 1.57 bits per heavy atom. The molecule has 0 bridgehead atoms. The van der Waals surface area contributed by atoms with Crippen LogP contribution in [0.1, 0.15) is 36.0 Å². The molecule has 0 aliphatic carbocycles. The summed E-state index contributed by atoms with van der Waals surface area (Å²) in [6.45, 7) is 2.08. The van der Waals surface area contributed by atoms with Crippen molar-refractivity contribution in [2.75, 3.05) is 39.2 Å². The van der Waals surface area contributed by atoms with Crippen LogP contribution in [-0.4, -0.2) is 70.7 Å². The number of amides is 2. The van der Waals surface area contributed by atoms with Gasteiger partial charge in [0.05, 0.1) is 25.0 Å². The number of halogens is 4. The third-order valence-corrected chi connectivity index (χ3v) is 11.3. The number of ether oxygens (including phenoxy) is 2. The van der Waals surface area contributed by atoms with Crippen LogP contribution in [0.15, 0.2) is 89.8 Å². The molecule has 282 valence electrons. The van der Waals surface area contributed by atoms with Crippen molar-refractivity contribution in [3.8, 4) is 5.75 Å². The molecule has 4 aromatic carbocycles. The summed E-state index contributed by atoms with van der Waals surface area (Å²) in [7, 11) is -1.38. The maximum Gasteiger partial charge on any atom is 0.406 e. The van der Waals surface area contributed by atoms with E-state index in [-0.39, 0.29) is 34.6 Å². The van der Waals surface area contributed by atoms with Crippen LogP contribution < -0.4 is 20.7 Å². The van der Waals surface area contributed by atoms with Gasteiger partial charge in [0.1, 0.15) is 29.0 Å². The van der Waals surface area contributed by atoms with Gasteiger partial charge in [0, 0.05) is 55.0 Å². The minimum atomic E-state index is -3.97. The first-order valence-corrected chi connectivity index (χ1v) is 18.3. The van der Waals surface area contributed by atoms with E-state index in [1.165, 1.54) is 53.9 Å². The Labute approximate surface area is 305 Å². The lowest BCUT2D eigenvalue weighted by Crippen LogP contribution is -2.58. The van der Waals surface area contributed by atoms with Gasteiger partial charge in [-0.1, -0.05) is 18.2 Å². The van der Waals surface area contributed by atoms with Crippen LogP contribution in [0.4, 0.5) is 28.0 Å². The highest BCUT2D eigenvalue weighted by Crippen LogP contribution is 2.35. The Kier molecular flexibility index (Phi) is 12.7. The number of alkyl carbamates (subject to hydrolysis) is 1. The number of piperazine rings is 1. The lowest BCUT2D eigenvalue weighted by molar-refractivity contribution is -0.120. The largest absolute Gasteiger partial charge is 0.497 e. The zero-order valence-electron chi connectivity index (χ0n) is 29.2. The van der Waals surface area contributed by atoms with Gasteiger partial charge >= 0.3 is 6.09 Å². The van der Waals surface area contributed by atoms with Gasteiger partial charge in [-0.3, -0.25) is 4.79 Å². The van der Waals surface area contributed by atoms with Crippen molar-refractivity contribution in [3.63, 3.8) is 0 Å².